The first-order chi connectivity index (χ1) is 5.36. The van der Waals surface area contributed by atoms with E-state index in [1.807, 2.05) is 39.8 Å². The van der Waals surface area contributed by atoms with Gasteiger partial charge in [-0.1, -0.05) is 20.8 Å². The van der Waals surface area contributed by atoms with E-state index in [0.717, 1.165) is 6.42 Å². The minimum atomic E-state index is -0.284. The van der Waals surface area contributed by atoms with Crippen LogP contribution < -0.4 is 0 Å². The van der Waals surface area contributed by atoms with Gasteiger partial charge in [0.25, 0.3) is 0 Å². The number of hydrogen-bond acceptors (Lipinski definition) is 2. The third kappa shape index (κ3) is 2.07. The average molecular weight is 171 g/mol. The van der Waals surface area contributed by atoms with Gasteiger partial charge in [-0.2, -0.15) is 0 Å². The Morgan fingerprint density at radius 2 is 1.83 bits per heavy atom. The van der Waals surface area contributed by atoms with Crippen LogP contribution in [0.4, 0.5) is 0 Å². The zero-order valence-electron chi connectivity index (χ0n) is 9.14. The summed E-state index contributed by atoms with van der Waals surface area (Å²) in [4.78, 5) is 13.8. The van der Waals surface area contributed by atoms with Gasteiger partial charge in [0, 0.05) is 5.92 Å². The van der Waals surface area contributed by atoms with E-state index in [9.17, 15) is 4.79 Å². The molecule has 0 radical (unpaired) electrons. The van der Waals surface area contributed by atoms with Crippen molar-refractivity contribution in [3.8, 4) is 0 Å². The topological polar surface area (TPSA) is 20.3 Å². The molecule has 0 saturated heterocycles. The molecule has 0 heterocycles. The molecule has 1 unspecified atom stereocenters. The predicted octanol–water partition coefficient (Wildman–Crippen LogP) is 1.94. The first-order valence-corrected chi connectivity index (χ1v) is 4.58. The van der Waals surface area contributed by atoms with Crippen molar-refractivity contribution in [2.45, 2.75) is 39.7 Å². The van der Waals surface area contributed by atoms with Gasteiger partial charge >= 0.3 is 0 Å². The second-order valence-electron chi connectivity index (χ2n) is 4.04. The fourth-order valence-corrected chi connectivity index (χ4v) is 1.33. The van der Waals surface area contributed by atoms with E-state index in [1.54, 1.807) is 0 Å². The fourth-order valence-electron chi connectivity index (χ4n) is 1.33. The molecule has 0 N–H and O–H groups in total. The lowest BCUT2D eigenvalue weighted by atomic mass is 9.86. The minimum Gasteiger partial charge on any atom is -0.297 e. The molecule has 0 fully saturated rings. The molecule has 0 aromatic carbocycles. The van der Waals surface area contributed by atoms with Gasteiger partial charge in [0.2, 0.25) is 0 Å². The van der Waals surface area contributed by atoms with Crippen LogP contribution in [0.15, 0.2) is 0 Å². The molecule has 2 nitrogen and oxygen atoms in total. The Morgan fingerprint density at radius 1 is 1.42 bits per heavy atom. The van der Waals surface area contributed by atoms with Crippen molar-refractivity contribution in [3.63, 3.8) is 0 Å². The van der Waals surface area contributed by atoms with Gasteiger partial charge in [-0.25, -0.2) is 0 Å². The van der Waals surface area contributed by atoms with Crippen molar-refractivity contribution >= 4 is 5.78 Å². The predicted molar refractivity (Wildman–Crippen MR) is 52.2 cm³/mol. The van der Waals surface area contributed by atoms with Crippen LogP contribution in [0.5, 0.6) is 0 Å². The van der Waals surface area contributed by atoms with Crippen LogP contribution in [-0.4, -0.2) is 30.3 Å². The normalized spacial score (nSPS) is 16.7. The summed E-state index contributed by atoms with van der Waals surface area (Å²) in [6.07, 6.45) is 0.872. The maximum Gasteiger partial charge on any atom is 0.155 e. The van der Waals surface area contributed by atoms with Crippen LogP contribution in [0.25, 0.3) is 0 Å². The van der Waals surface area contributed by atoms with Crippen LogP contribution in [0, 0.1) is 5.92 Å². The molecule has 0 amide bonds. The Bertz CT molecular complexity index is 163. The molecule has 0 aliphatic carbocycles. The van der Waals surface area contributed by atoms with E-state index in [-0.39, 0.29) is 11.5 Å². The molecule has 12 heavy (non-hydrogen) atoms. The Balaban J connectivity index is 4.64. The quantitative estimate of drug-likeness (QED) is 0.644. The third-order valence-electron chi connectivity index (χ3n) is 2.73. The summed E-state index contributed by atoms with van der Waals surface area (Å²) in [7, 11) is 3.92. The lowest BCUT2D eigenvalue weighted by Crippen LogP contribution is -2.49. The number of likely N-dealkylation sites (N-methyl/N-ethyl adjacent to an activating group) is 1. The number of Topliss-reactive ketones (excluding diaryl/α,β-unsaturated/α-hetero) is 1. The molecular weight excluding hydrogens is 150 g/mol. The molecule has 0 aromatic heterocycles. The second kappa shape index (κ2) is 4.04. The third-order valence-corrected chi connectivity index (χ3v) is 2.73. The van der Waals surface area contributed by atoms with E-state index in [4.69, 9.17) is 0 Å². The lowest BCUT2D eigenvalue weighted by Gasteiger charge is -2.35. The van der Waals surface area contributed by atoms with Gasteiger partial charge in [-0.3, -0.25) is 9.69 Å². The molecule has 0 saturated carbocycles. The molecule has 0 aliphatic heterocycles. The van der Waals surface area contributed by atoms with Crippen molar-refractivity contribution < 1.29 is 4.79 Å². The standard InChI is InChI=1S/C10H21NO/c1-7-10(4,11(5)6)9(12)8(2)3/h8H,7H2,1-6H3. The van der Waals surface area contributed by atoms with Gasteiger partial charge < -0.3 is 0 Å². The summed E-state index contributed by atoms with van der Waals surface area (Å²) < 4.78 is 0. The summed E-state index contributed by atoms with van der Waals surface area (Å²) in [5.41, 5.74) is -0.284. The Hall–Kier alpha value is -0.370. The maximum absolute atomic E-state index is 11.8. The molecule has 72 valence electrons. The van der Waals surface area contributed by atoms with Gasteiger partial charge in [0.1, 0.15) is 0 Å². The summed E-state index contributed by atoms with van der Waals surface area (Å²) in [6, 6.07) is 0. The summed E-state index contributed by atoms with van der Waals surface area (Å²) >= 11 is 0. The zero-order chi connectivity index (χ0) is 9.94. The van der Waals surface area contributed by atoms with Crippen LogP contribution in [0.1, 0.15) is 34.1 Å². The highest BCUT2D eigenvalue weighted by Crippen LogP contribution is 2.21. The van der Waals surface area contributed by atoms with Crippen molar-refractivity contribution in [1.82, 2.24) is 4.90 Å². The van der Waals surface area contributed by atoms with Crippen molar-refractivity contribution in [1.29, 1.82) is 0 Å². The minimum absolute atomic E-state index is 0.123. The van der Waals surface area contributed by atoms with Gasteiger partial charge in [0.15, 0.2) is 5.78 Å². The summed E-state index contributed by atoms with van der Waals surface area (Å²) in [5, 5.41) is 0. The molecule has 0 aromatic rings. The van der Waals surface area contributed by atoms with Crippen LogP contribution in [-0.2, 0) is 4.79 Å². The van der Waals surface area contributed by atoms with Gasteiger partial charge in [-0.05, 0) is 27.4 Å². The van der Waals surface area contributed by atoms with E-state index in [0.29, 0.717) is 5.78 Å². The van der Waals surface area contributed by atoms with E-state index in [2.05, 4.69) is 6.92 Å². The molecule has 0 aliphatic rings. The molecular formula is C10H21NO. The molecule has 0 bridgehead atoms. The Labute approximate surface area is 75.9 Å². The van der Waals surface area contributed by atoms with Crippen LogP contribution in [0.3, 0.4) is 0 Å². The number of ketones is 1. The number of rotatable bonds is 4. The zero-order valence-corrected chi connectivity index (χ0v) is 9.14. The molecule has 0 rings (SSSR count). The smallest absolute Gasteiger partial charge is 0.155 e. The highest BCUT2D eigenvalue weighted by Gasteiger charge is 2.34. The Morgan fingerprint density at radius 3 is 1.92 bits per heavy atom. The van der Waals surface area contributed by atoms with Gasteiger partial charge in [0.05, 0.1) is 5.54 Å². The second-order valence-corrected chi connectivity index (χ2v) is 4.04. The van der Waals surface area contributed by atoms with Crippen LogP contribution in [0.2, 0.25) is 0 Å². The summed E-state index contributed by atoms with van der Waals surface area (Å²) in [6.45, 7) is 7.98. The van der Waals surface area contributed by atoms with Crippen molar-refractivity contribution in [3.05, 3.63) is 0 Å². The average Bonchev–Trinajstić information content (AvgIpc) is 2.01. The van der Waals surface area contributed by atoms with Crippen molar-refractivity contribution in [2.24, 2.45) is 5.92 Å². The van der Waals surface area contributed by atoms with Crippen LogP contribution >= 0.6 is 0 Å². The summed E-state index contributed by atoms with van der Waals surface area (Å²) in [5.74, 6) is 0.451. The number of nitrogens with zero attached hydrogens (tertiary/aromatic N) is 1. The first-order valence-electron chi connectivity index (χ1n) is 4.58. The van der Waals surface area contributed by atoms with Crippen molar-refractivity contribution in [2.75, 3.05) is 14.1 Å². The number of carbonyl (C=O) groups is 1. The number of hydrogen-bond donors (Lipinski definition) is 0. The molecule has 0 spiro atoms. The largest absolute Gasteiger partial charge is 0.297 e. The first kappa shape index (κ1) is 11.6. The fraction of sp³-hybridized carbons (Fsp3) is 0.900. The van der Waals surface area contributed by atoms with Gasteiger partial charge in [-0.15, -0.1) is 0 Å². The lowest BCUT2D eigenvalue weighted by molar-refractivity contribution is -0.132. The van der Waals surface area contributed by atoms with E-state index in [1.165, 1.54) is 0 Å². The maximum atomic E-state index is 11.8. The molecule has 1 atom stereocenters. The van der Waals surface area contributed by atoms with E-state index >= 15 is 0 Å². The molecule has 2 heteroatoms. The van der Waals surface area contributed by atoms with E-state index < -0.39 is 0 Å². The monoisotopic (exact) mass is 171 g/mol. The SMILES string of the molecule is CCC(C)(C(=O)C(C)C)N(C)C. The highest BCUT2D eigenvalue weighted by atomic mass is 16.1. The Kier molecular flexibility index (Phi) is 3.91. The highest BCUT2D eigenvalue weighted by molar-refractivity contribution is 5.89. The number of carbonyl (C=O) groups excluding carboxylic acids is 1.